The molecule has 20 heavy (non-hydrogen) atoms. The lowest BCUT2D eigenvalue weighted by Crippen LogP contribution is -2.33. The molecule has 1 aromatic carbocycles. The van der Waals surface area contributed by atoms with Crippen molar-refractivity contribution in [3.05, 3.63) is 36.2 Å². The standard InChI is InChI=1S/C15H21FN2O2/c1-4-11(2)13-9-12(16)5-6-14(13)20-10-15(19)18-8-7-17-3/h5-6,9,17H,2,4,7-8,10H2,1,3H3,(H,18,19). The van der Waals surface area contributed by atoms with Gasteiger partial charge in [0.05, 0.1) is 0 Å². The van der Waals surface area contributed by atoms with E-state index in [9.17, 15) is 9.18 Å². The van der Waals surface area contributed by atoms with Crippen molar-refractivity contribution in [1.82, 2.24) is 10.6 Å². The highest BCUT2D eigenvalue weighted by molar-refractivity contribution is 5.78. The first-order chi connectivity index (χ1) is 9.58. The maximum atomic E-state index is 13.3. The molecule has 2 N–H and O–H groups in total. The third kappa shape index (κ3) is 5.01. The van der Waals surface area contributed by atoms with Gasteiger partial charge in [0.1, 0.15) is 11.6 Å². The van der Waals surface area contributed by atoms with Gasteiger partial charge < -0.3 is 15.4 Å². The van der Waals surface area contributed by atoms with Crippen LogP contribution in [0.5, 0.6) is 5.75 Å². The van der Waals surface area contributed by atoms with Crippen LogP contribution in [0.25, 0.3) is 5.57 Å². The molecule has 0 heterocycles. The van der Waals surface area contributed by atoms with Crippen LogP contribution in [-0.4, -0.2) is 32.7 Å². The number of likely N-dealkylation sites (N-methyl/N-ethyl adjacent to an activating group) is 1. The first-order valence-corrected chi connectivity index (χ1v) is 6.60. The van der Waals surface area contributed by atoms with Gasteiger partial charge in [-0.1, -0.05) is 13.5 Å². The molecular weight excluding hydrogens is 259 g/mol. The summed E-state index contributed by atoms with van der Waals surface area (Å²) in [7, 11) is 1.81. The average Bonchev–Trinajstić information content (AvgIpc) is 2.45. The van der Waals surface area contributed by atoms with Crippen molar-refractivity contribution in [2.24, 2.45) is 0 Å². The van der Waals surface area contributed by atoms with Gasteiger partial charge in [-0.3, -0.25) is 4.79 Å². The normalized spacial score (nSPS) is 10.2. The summed E-state index contributed by atoms with van der Waals surface area (Å²) < 4.78 is 18.7. The number of nitrogens with one attached hydrogen (secondary N) is 2. The summed E-state index contributed by atoms with van der Waals surface area (Å²) in [5.74, 6) is -0.0833. The van der Waals surface area contributed by atoms with E-state index in [1.807, 2.05) is 14.0 Å². The van der Waals surface area contributed by atoms with Gasteiger partial charge in [0.15, 0.2) is 6.61 Å². The van der Waals surface area contributed by atoms with Crippen molar-refractivity contribution < 1.29 is 13.9 Å². The summed E-state index contributed by atoms with van der Waals surface area (Å²) in [5.41, 5.74) is 1.38. The molecule has 0 aromatic heterocycles. The summed E-state index contributed by atoms with van der Waals surface area (Å²) in [6.07, 6.45) is 0.689. The lowest BCUT2D eigenvalue weighted by Gasteiger charge is -2.12. The molecule has 0 aliphatic heterocycles. The van der Waals surface area contributed by atoms with E-state index in [1.165, 1.54) is 18.2 Å². The van der Waals surface area contributed by atoms with Crippen LogP contribution in [0.15, 0.2) is 24.8 Å². The third-order valence-corrected chi connectivity index (χ3v) is 2.81. The van der Waals surface area contributed by atoms with Crippen LogP contribution in [-0.2, 0) is 4.79 Å². The predicted molar refractivity (Wildman–Crippen MR) is 78.2 cm³/mol. The van der Waals surface area contributed by atoms with E-state index < -0.39 is 0 Å². The number of halogens is 1. The molecule has 0 atom stereocenters. The predicted octanol–water partition coefficient (Wildman–Crippen LogP) is 1.96. The van der Waals surface area contributed by atoms with E-state index in [1.54, 1.807) is 0 Å². The summed E-state index contributed by atoms with van der Waals surface area (Å²) in [5, 5.41) is 5.63. The SMILES string of the molecule is C=C(CC)c1cc(F)ccc1OCC(=O)NCCNC. The summed E-state index contributed by atoms with van der Waals surface area (Å²) in [4.78, 5) is 11.5. The monoisotopic (exact) mass is 280 g/mol. The maximum Gasteiger partial charge on any atom is 0.257 e. The minimum atomic E-state index is -0.347. The topological polar surface area (TPSA) is 50.4 Å². The Balaban J connectivity index is 2.63. The largest absolute Gasteiger partial charge is 0.483 e. The zero-order valence-electron chi connectivity index (χ0n) is 12.0. The number of amides is 1. The first-order valence-electron chi connectivity index (χ1n) is 6.60. The van der Waals surface area contributed by atoms with E-state index in [0.717, 1.165) is 5.57 Å². The molecule has 1 amide bonds. The fourth-order valence-corrected chi connectivity index (χ4v) is 1.62. The number of allylic oxidation sites excluding steroid dienone is 1. The lowest BCUT2D eigenvalue weighted by molar-refractivity contribution is -0.123. The zero-order chi connectivity index (χ0) is 15.0. The first kappa shape index (κ1) is 16.2. The molecule has 0 saturated carbocycles. The van der Waals surface area contributed by atoms with Gasteiger partial charge in [0, 0.05) is 18.7 Å². The van der Waals surface area contributed by atoms with Crippen LogP contribution in [0.2, 0.25) is 0 Å². The number of hydrogen-bond acceptors (Lipinski definition) is 3. The smallest absolute Gasteiger partial charge is 0.257 e. The second-order valence-electron chi connectivity index (χ2n) is 4.34. The Morgan fingerprint density at radius 1 is 1.40 bits per heavy atom. The van der Waals surface area contributed by atoms with Crippen molar-refractivity contribution >= 4 is 11.5 Å². The number of ether oxygens (including phenoxy) is 1. The Morgan fingerprint density at radius 2 is 2.15 bits per heavy atom. The van der Waals surface area contributed by atoms with Crippen LogP contribution in [0.1, 0.15) is 18.9 Å². The minimum Gasteiger partial charge on any atom is -0.483 e. The molecule has 4 nitrogen and oxygen atoms in total. The molecule has 5 heteroatoms. The van der Waals surface area contributed by atoms with Crippen LogP contribution in [0.4, 0.5) is 4.39 Å². The fourth-order valence-electron chi connectivity index (χ4n) is 1.62. The summed E-state index contributed by atoms with van der Waals surface area (Å²) >= 11 is 0. The van der Waals surface area contributed by atoms with Crippen LogP contribution >= 0.6 is 0 Å². The van der Waals surface area contributed by atoms with Crippen molar-refractivity contribution in [2.45, 2.75) is 13.3 Å². The Morgan fingerprint density at radius 3 is 2.80 bits per heavy atom. The maximum absolute atomic E-state index is 13.3. The van der Waals surface area contributed by atoms with Gasteiger partial charge in [-0.25, -0.2) is 4.39 Å². The highest BCUT2D eigenvalue weighted by Gasteiger charge is 2.10. The molecule has 0 bridgehead atoms. The Labute approximate surface area is 119 Å². The fraction of sp³-hybridized carbons (Fsp3) is 0.400. The molecule has 0 aliphatic rings. The van der Waals surface area contributed by atoms with Gasteiger partial charge in [-0.05, 0) is 37.2 Å². The van der Waals surface area contributed by atoms with Crippen molar-refractivity contribution in [1.29, 1.82) is 0 Å². The Bertz CT molecular complexity index is 475. The van der Waals surface area contributed by atoms with Crippen LogP contribution < -0.4 is 15.4 Å². The second kappa shape index (κ2) is 8.32. The third-order valence-electron chi connectivity index (χ3n) is 2.81. The van der Waals surface area contributed by atoms with Crippen molar-refractivity contribution in [3.63, 3.8) is 0 Å². The number of carbonyl (C=O) groups excluding carboxylic acids is 1. The molecule has 0 radical (unpaired) electrons. The van der Waals surface area contributed by atoms with Crippen molar-refractivity contribution in [2.75, 3.05) is 26.7 Å². The van der Waals surface area contributed by atoms with Crippen LogP contribution in [0.3, 0.4) is 0 Å². The zero-order valence-corrected chi connectivity index (χ0v) is 12.0. The summed E-state index contributed by atoms with van der Waals surface area (Å²) in [6, 6.07) is 4.20. The Hall–Kier alpha value is -1.88. The number of carbonyl (C=O) groups is 1. The van der Waals surface area contributed by atoms with Gasteiger partial charge >= 0.3 is 0 Å². The molecule has 0 fully saturated rings. The molecule has 0 aliphatic carbocycles. The highest BCUT2D eigenvalue weighted by Crippen LogP contribution is 2.27. The minimum absolute atomic E-state index is 0.0979. The van der Waals surface area contributed by atoms with E-state index in [0.29, 0.717) is 30.8 Å². The van der Waals surface area contributed by atoms with Crippen LogP contribution in [0, 0.1) is 5.82 Å². The Kier molecular flexibility index (Phi) is 6.73. The number of rotatable bonds is 8. The average molecular weight is 280 g/mol. The van der Waals surface area contributed by atoms with Gasteiger partial charge in [0.25, 0.3) is 5.91 Å². The lowest BCUT2D eigenvalue weighted by atomic mass is 10.0. The molecule has 1 aromatic rings. The molecule has 110 valence electrons. The quantitative estimate of drug-likeness (QED) is 0.716. The molecule has 0 saturated heterocycles. The second-order valence-corrected chi connectivity index (χ2v) is 4.34. The highest BCUT2D eigenvalue weighted by atomic mass is 19.1. The van der Waals surface area contributed by atoms with E-state index in [4.69, 9.17) is 4.74 Å². The summed E-state index contributed by atoms with van der Waals surface area (Å²) in [6.45, 7) is 6.94. The van der Waals surface area contributed by atoms with Crippen molar-refractivity contribution in [3.8, 4) is 5.75 Å². The number of hydrogen-bond donors (Lipinski definition) is 2. The van der Waals surface area contributed by atoms with E-state index in [2.05, 4.69) is 17.2 Å². The molecular formula is C15H21FN2O2. The van der Waals surface area contributed by atoms with E-state index in [-0.39, 0.29) is 18.3 Å². The molecule has 0 spiro atoms. The van der Waals surface area contributed by atoms with E-state index >= 15 is 0 Å². The van der Waals surface area contributed by atoms with Gasteiger partial charge in [0.2, 0.25) is 0 Å². The molecule has 1 rings (SSSR count). The van der Waals surface area contributed by atoms with Gasteiger partial charge in [-0.2, -0.15) is 0 Å². The molecule has 0 unspecified atom stereocenters. The van der Waals surface area contributed by atoms with Gasteiger partial charge in [-0.15, -0.1) is 0 Å². The number of benzene rings is 1.